The highest BCUT2D eigenvalue weighted by molar-refractivity contribution is 8.01. The predicted molar refractivity (Wildman–Crippen MR) is 67.2 cm³/mol. The van der Waals surface area contributed by atoms with E-state index in [-0.39, 0.29) is 0 Å². The fraction of sp³-hybridized carbons (Fsp3) is 0.545. The molecule has 1 aliphatic carbocycles. The molecule has 5 heteroatoms. The zero-order valence-electron chi connectivity index (χ0n) is 9.10. The van der Waals surface area contributed by atoms with Crippen molar-refractivity contribution in [3.63, 3.8) is 0 Å². The number of thioether (sulfide) groups is 1. The Kier molecular flexibility index (Phi) is 3.56. The van der Waals surface area contributed by atoms with Crippen molar-refractivity contribution < 1.29 is 9.90 Å². The van der Waals surface area contributed by atoms with Crippen LogP contribution in [-0.4, -0.2) is 29.4 Å². The second-order valence-electron chi connectivity index (χ2n) is 4.02. The van der Waals surface area contributed by atoms with Crippen LogP contribution in [-0.2, 0) is 4.79 Å². The Morgan fingerprint density at radius 3 is 2.94 bits per heavy atom. The third-order valence-corrected chi connectivity index (χ3v) is 5.36. The van der Waals surface area contributed by atoms with E-state index in [2.05, 4.69) is 5.32 Å². The van der Waals surface area contributed by atoms with Gasteiger partial charge < -0.3 is 10.4 Å². The van der Waals surface area contributed by atoms with Crippen molar-refractivity contribution in [1.29, 1.82) is 0 Å². The van der Waals surface area contributed by atoms with E-state index in [1.54, 1.807) is 30.1 Å². The van der Waals surface area contributed by atoms with E-state index >= 15 is 0 Å². The first-order valence-corrected chi connectivity index (χ1v) is 7.14. The van der Waals surface area contributed by atoms with Gasteiger partial charge in [0.15, 0.2) is 0 Å². The minimum absolute atomic E-state index is 0.294. The first-order valence-electron chi connectivity index (χ1n) is 5.27. The van der Waals surface area contributed by atoms with E-state index in [1.807, 2.05) is 17.5 Å². The van der Waals surface area contributed by atoms with Gasteiger partial charge in [0.2, 0.25) is 0 Å². The average molecular weight is 257 g/mol. The molecule has 1 aromatic rings. The van der Waals surface area contributed by atoms with Gasteiger partial charge in [0.1, 0.15) is 5.54 Å². The summed E-state index contributed by atoms with van der Waals surface area (Å²) in [5.41, 5.74) is -0.741. The summed E-state index contributed by atoms with van der Waals surface area (Å²) < 4.78 is 1.18. The largest absolute Gasteiger partial charge is 0.480 e. The quantitative estimate of drug-likeness (QED) is 0.768. The lowest BCUT2D eigenvalue weighted by atomic mass is 9.96. The lowest BCUT2D eigenvalue weighted by Crippen LogP contribution is -2.54. The molecule has 0 saturated heterocycles. The van der Waals surface area contributed by atoms with Crippen LogP contribution < -0.4 is 5.32 Å². The smallest absolute Gasteiger partial charge is 0.325 e. The standard InChI is InChI=1S/C11H15NO2S2/c1-12-11(10(13)14,8-4-5-8)7-16-9-3-2-6-15-9/h2-3,6,8,12H,4-5,7H2,1H3,(H,13,14). The molecule has 3 nitrogen and oxygen atoms in total. The lowest BCUT2D eigenvalue weighted by Gasteiger charge is -2.28. The van der Waals surface area contributed by atoms with Gasteiger partial charge in [0.05, 0.1) is 4.21 Å². The van der Waals surface area contributed by atoms with Gasteiger partial charge in [-0.25, -0.2) is 0 Å². The van der Waals surface area contributed by atoms with Crippen molar-refractivity contribution in [2.45, 2.75) is 22.6 Å². The van der Waals surface area contributed by atoms with Crippen LogP contribution in [0.5, 0.6) is 0 Å². The van der Waals surface area contributed by atoms with Crippen LogP contribution in [0.1, 0.15) is 12.8 Å². The van der Waals surface area contributed by atoms with Gasteiger partial charge in [-0.15, -0.1) is 23.1 Å². The van der Waals surface area contributed by atoms with Gasteiger partial charge in [-0.2, -0.15) is 0 Å². The van der Waals surface area contributed by atoms with Gasteiger partial charge in [-0.05, 0) is 37.3 Å². The molecule has 0 amide bonds. The first-order chi connectivity index (χ1) is 7.69. The van der Waals surface area contributed by atoms with Crippen LogP contribution in [0.4, 0.5) is 0 Å². The number of carboxylic acid groups (broad SMARTS) is 1. The monoisotopic (exact) mass is 257 g/mol. The van der Waals surface area contributed by atoms with Crippen LogP contribution in [0.2, 0.25) is 0 Å². The van der Waals surface area contributed by atoms with Crippen LogP contribution in [0, 0.1) is 5.92 Å². The van der Waals surface area contributed by atoms with Crippen molar-refractivity contribution in [2.24, 2.45) is 5.92 Å². The maximum Gasteiger partial charge on any atom is 0.325 e. The zero-order chi connectivity index (χ0) is 11.6. The van der Waals surface area contributed by atoms with Crippen molar-refractivity contribution >= 4 is 29.1 Å². The van der Waals surface area contributed by atoms with E-state index in [4.69, 9.17) is 0 Å². The number of hydrogen-bond donors (Lipinski definition) is 2. The minimum atomic E-state index is -0.741. The number of likely N-dealkylation sites (N-methyl/N-ethyl adjacent to an activating group) is 1. The highest BCUT2D eigenvalue weighted by Crippen LogP contribution is 2.42. The van der Waals surface area contributed by atoms with Gasteiger partial charge in [-0.3, -0.25) is 4.79 Å². The SMILES string of the molecule is CNC(CSc1cccs1)(C(=O)O)C1CC1. The Balaban J connectivity index is 2.04. The number of carboxylic acids is 1. The highest BCUT2D eigenvalue weighted by Gasteiger charge is 2.50. The average Bonchev–Trinajstić information content (AvgIpc) is 2.97. The van der Waals surface area contributed by atoms with Gasteiger partial charge in [-0.1, -0.05) is 6.07 Å². The number of hydrogen-bond acceptors (Lipinski definition) is 4. The summed E-state index contributed by atoms with van der Waals surface area (Å²) in [5.74, 6) is 0.174. The Morgan fingerprint density at radius 2 is 2.50 bits per heavy atom. The number of rotatable bonds is 6. The number of thiophene rings is 1. The van der Waals surface area contributed by atoms with E-state index in [9.17, 15) is 9.90 Å². The molecule has 2 N–H and O–H groups in total. The second-order valence-corrected chi connectivity index (χ2v) is 6.24. The van der Waals surface area contributed by atoms with E-state index in [0.29, 0.717) is 11.7 Å². The van der Waals surface area contributed by atoms with E-state index in [0.717, 1.165) is 12.8 Å². The molecule has 1 fully saturated rings. The van der Waals surface area contributed by atoms with Crippen molar-refractivity contribution in [3.05, 3.63) is 17.5 Å². The molecule has 16 heavy (non-hydrogen) atoms. The number of nitrogens with one attached hydrogen (secondary N) is 1. The molecule has 0 aliphatic heterocycles. The van der Waals surface area contributed by atoms with Crippen LogP contribution >= 0.6 is 23.1 Å². The minimum Gasteiger partial charge on any atom is -0.480 e. The predicted octanol–water partition coefficient (Wildman–Crippen LogP) is 2.29. The van der Waals surface area contributed by atoms with Crippen LogP contribution in [0.25, 0.3) is 0 Å². The Morgan fingerprint density at radius 1 is 1.75 bits per heavy atom. The summed E-state index contributed by atoms with van der Waals surface area (Å²) in [4.78, 5) is 11.4. The molecule has 0 spiro atoms. The summed E-state index contributed by atoms with van der Waals surface area (Å²) in [6.07, 6.45) is 2.05. The van der Waals surface area contributed by atoms with Gasteiger partial charge >= 0.3 is 5.97 Å². The molecular formula is C11H15NO2S2. The van der Waals surface area contributed by atoms with Crippen LogP contribution in [0.15, 0.2) is 21.7 Å². The molecule has 0 bridgehead atoms. The molecule has 2 rings (SSSR count). The summed E-state index contributed by atoms with van der Waals surface area (Å²) in [5, 5.41) is 14.4. The topological polar surface area (TPSA) is 49.3 Å². The fourth-order valence-electron chi connectivity index (χ4n) is 1.84. The second kappa shape index (κ2) is 4.77. The maximum atomic E-state index is 11.4. The molecule has 1 unspecified atom stereocenters. The molecule has 1 saturated carbocycles. The summed E-state index contributed by atoms with van der Waals surface area (Å²) >= 11 is 3.29. The fourth-order valence-corrected chi connectivity index (χ4v) is 3.96. The summed E-state index contributed by atoms with van der Waals surface area (Å²) in [7, 11) is 1.75. The van der Waals surface area contributed by atoms with Crippen molar-refractivity contribution in [2.75, 3.05) is 12.8 Å². The zero-order valence-corrected chi connectivity index (χ0v) is 10.7. The van der Waals surface area contributed by atoms with Crippen LogP contribution in [0.3, 0.4) is 0 Å². The summed E-state index contributed by atoms with van der Waals surface area (Å²) in [6, 6.07) is 4.02. The van der Waals surface area contributed by atoms with Crippen molar-refractivity contribution in [3.8, 4) is 0 Å². The van der Waals surface area contributed by atoms with E-state index in [1.165, 1.54) is 4.21 Å². The Bertz CT molecular complexity index is 362. The molecule has 1 heterocycles. The van der Waals surface area contributed by atoms with Gasteiger partial charge in [0.25, 0.3) is 0 Å². The highest BCUT2D eigenvalue weighted by atomic mass is 32.2. The Hall–Kier alpha value is -0.520. The molecule has 0 radical (unpaired) electrons. The Labute approximate surface area is 103 Å². The normalized spacial score (nSPS) is 19.3. The maximum absolute atomic E-state index is 11.4. The number of aliphatic carboxylic acids is 1. The molecule has 1 atom stereocenters. The van der Waals surface area contributed by atoms with Crippen molar-refractivity contribution in [1.82, 2.24) is 5.32 Å². The van der Waals surface area contributed by atoms with E-state index < -0.39 is 11.5 Å². The van der Waals surface area contributed by atoms with Gasteiger partial charge in [0, 0.05) is 5.75 Å². The molecule has 1 aliphatic rings. The molecule has 0 aromatic carbocycles. The lowest BCUT2D eigenvalue weighted by molar-refractivity contribution is -0.144. The summed E-state index contributed by atoms with van der Waals surface area (Å²) in [6.45, 7) is 0. The molecular weight excluding hydrogens is 242 g/mol. The third-order valence-electron chi connectivity index (χ3n) is 3.04. The third kappa shape index (κ3) is 2.26. The molecule has 1 aromatic heterocycles. The first kappa shape index (κ1) is 12.0. The number of carbonyl (C=O) groups is 1. The molecule has 88 valence electrons.